The van der Waals surface area contributed by atoms with E-state index in [0.717, 1.165) is 6.07 Å². The predicted molar refractivity (Wildman–Crippen MR) is 81.2 cm³/mol. The van der Waals surface area contributed by atoms with Gasteiger partial charge in [-0.3, -0.25) is 0 Å². The molecule has 0 atom stereocenters. The predicted octanol–water partition coefficient (Wildman–Crippen LogP) is 1.88. The lowest BCUT2D eigenvalue weighted by Gasteiger charge is -2.16. The van der Waals surface area contributed by atoms with Crippen molar-refractivity contribution < 1.29 is 12.8 Å². The van der Waals surface area contributed by atoms with Crippen molar-refractivity contribution in [1.82, 2.24) is 19.1 Å². The zero-order valence-corrected chi connectivity index (χ0v) is 14.0. The molecule has 2 rings (SSSR count). The van der Waals surface area contributed by atoms with Gasteiger partial charge in [0.1, 0.15) is 17.5 Å². The van der Waals surface area contributed by atoms with E-state index in [1.54, 1.807) is 18.5 Å². The minimum atomic E-state index is -3.58. The fourth-order valence-corrected chi connectivity index (χ4v) is 3.17. The summed E-state index contributed by atoms with van der Waals surface area (Å²) in [5.41, 5.74) is 0.424. The average Bonchev–Trinajstić information content (AvgIpc) is 2.74. The Hall–Kier alpha value is -1.51. The van der Waals surface area contributed by atoms with Crippen molar-refractivity contribution in [3.05, 3.63) is 46.3 Å². The molecule has 6 nitrogen and oxygen atoms in total. The number of rotatable bonds is 5. The van der Waals surface area contributed by atoms with Gasteiger partial charge in [-0.2, -0.15) is 4.31 Å². The molecule has 1 heterocycles. The summed E-state index contributed by atoms with van der Waals surface area (Å²) in [4.78, 5) is 0. The van der Waals surface area contributed by atoms with E-state index in [9.17, 15) is 12.8 Å². The van der Waals surface area contributed by atoms with E-state index in [0.29, 0.717) is 17.2 Å². The quantitative estimate of drug-likeness (QED) is 0.829. The fraction of sp³-hybridized carbons (Fsp3) is 0.385. The van der Waals surface area contributed by atoms with Crippen LogP contribution >= 0.6 is 11.6 Å². The van der Waals surface area contributed by atoms with Crippen molar-refractivity contribution in [3.63, 3.8) is 0 Å². The van der Waals surface area contributed by atoms with Gasteiger partial charge in [0.05, 0.1) is 17.3 Å². The lowest BCUT2D eigenvalue weighted by Crippen LogP contribution is -2.29. The van der Waals surface area contributed by atoms with Crippen LogP contribution in [0.2, 0.25) is 5.02 Å². The minimum absolute atomic E-state index is 0.0979. The van der Waals surface area contributed by atoms with Crippen LogP contribution in [-0.2, 0) is 29.4 Å². The molecule has 0 saturated carbocycles. The van der Waals surface area contributed by atoms with E-state index >= 15 is 0 Å². The lowest BCUT2D eigenvalue weighted by molar-refractivity contribution is 0.449. The Kier molecular flexibility index (Phi) is 4.84. The first-order valence-electron chi connectivity index (χ1n) is 6.43. The topological polar surface area (TPSA) is 68.1 Å². The van der Waals surface area contributed by atoms with E-state index in [1.165, 1.54) is 23.5 Å². The third kappa shape index (κ3) is 3.63. The highest BCUT2D eigenvalue weighted by atomic mass is 35.5. The van der Waals surface area contributed by atoms with Crippen LogP contribution in [0.5, 0.6) is 0 Å². The summed E-state index contributed by atoms with van der Waals surface area (Å²) < 4.78 is 40.7. The average molecular weight is 347 g/mol. The van der Waals surface area contributed by atoms with E-state index in [4.69, 9.17) is 11.6 Å². The molecule has 120 valence electrons. The van der Waals surface area contributed by atoms with Crippen LogP contribution in [-0.4, -0.2) is 34.5 Å². The summed E-state index contributed by atoms with van der Waals surface area (Å²) in [5, 5.41) is 7.73. The van der Waals surface area contributed by atoms with E-state index in [-0.39, 0.29) is 17.3 Å². The van der Waals surface area contributed by atoms with Gasteiger partial charge in [-0.1, -0.05) is 17.7 Å². The summed E-state index contributed by atoms with van der Waals surface area (Å²) in [6.45, 7) is 1.89. The van der Waals surface area contributed by atoms with E-state index < -0.39 is 15.8 Å². The van der Waals surface area contributed by atoms with Crippen molar-refractivity contribution >= 4 is 21.6 Å². The van der Waals surface area contributed by atoms with Gasteiger partial charge in [0, 0.05) is 14.1 Å². The maximum atomic E-state index is 13.1. The Morgan fingerprint density at radius 1 is 1.36 bits per heavy atom. The van der Waals surface area contributed by atoms with Gasteiger partial charge < -0.3 is 4.57 Å². The zero-order chi connectivity index (χ0) is 16.5. The van der Waals surface area contributed by atoms with Crippen LogP contribution in [0.1, 0.15) is 17.2 Å². The molecular formula is C13H16ClFN4O2S. The number of hydrogen-bond acceptors (Lipinski definition) is 4. The Morgan fingerprint density at radius 2 is 2.05 bits per heavy atom. The number of benzene rings is 1. The maximum absolute atomic E-state index is 13.1. The molecule has 9 heteroatoms. The first-order chi connectivity index (χ1) is 10.2. The van der Waals surface area contributed by atoms with Crippen molar-refractivity contribution in [2.75, 3.05) is 7.05 Å². The molecule has 22 heavy (non-hydrogen) atoms. The summed E-state index contributed by atoms with van der Waals surface area (Å²) in [6.07, 6.45) is 0. The second-order valence-electron chi connectivity index (χ2n) is 4.98. The summed E-state index contributed by atoms with van der Waals surface area (Å²) in [6, 6.07) is 3.87. The molecule has 0 N–H and O–H groups in total. The second-order valence-corrected chi connectivity index (χ2v) is 7.47. The Balaban J connectivity index is 2.15. The number of aromatic nitrogens is 3. The molecule has 0 aliphatic rings. The Morgan fingerprint density at radius 3 is 2.59 bits per heavy atom. The monoisotopic (exact) mass is 346 g/mol. The van der Waals surface area contributed by atoms with Crippen molar-refractivity contribution in [3.8, 4) is 0 Å². The van der Waals surface area contributed by atoms with Gasteiger partial charge in [0.25, 0.3) is 0 Å². The van der Waals surface area contributed by atoms with Gasteiger partial charge in [0.2, 0.25) is 10.0 Å². The normalized spacial score (nSPS) is 12.1. The highest BCUT2D eigenvalue weighted by Crippen LogP contribution is 2.19. The molecule has 1 aromatic carbocycles. The lowest BCUT2D eigenvalue weighted by atomic mass is 10.2. The summed E-state index contributed by atoms with van der Waals surface area (Å²) in [7, 11) is -0.346. The van der Waals surface area contributed by atoms with Crippen LogP contribution in [0, 0.1) is 12.7 Å². The molecule has 0 spiro atoms. The standard InChI is InChI=1S/C13H16ClFN4O2S/c1-9-16-17-13(19(9)3)7-18(2)22(20,21)8-10-4-5-12(15)11(14)6-10/h4-6H,7-8H2,1-3H3. The molecule has 0 radical (unpaired) electrons. The third-order valence-corrected chi connectivity index (χ3v) is 5.42. The first kappa shape index (κ1) is 16.9. The molecule has 0 saturated heterocycles. The Bertz CT molecular complexity index is 791. The second kappa shape index (κ2) is 6.31. The molecule has 0 fully saturated rings. The molecular weight excluding hydrogens is 331 g/mol. The molecule has 0 bridgehead atoms. The van der Waals surface area contributed by atoms with Gasteiger partial charge in [0.15, 0.2) is 0 Å². The minimum Gasteiger partial charge on any atom is -0.317 e. The number of hydrogen-bond donors (Lipinski definition) is 0. The van der Waals surface area contributed by atoms with Crippen LogP contribution in [0.25, 0.3) is 0 Å². The molecule has 0 amide bonds. The number of nitrogens with zero attached hydrogens (tertiary/aromatic N) is 4. The van der Waals surface area contributed by atoms with Gasteiger partial charge in [-0.05, 0) is 24.6 Å². The number of halogens is 2. The Labute approximate surface area is 133 Å². The molecule has 0 aliphatic carbocycles. The van der Waals surface area contributed by atoms with Crippen LogP contribution in [0.3, 0.4) is 0 Å². The largest absolute Gasteiger partial charge is 0.317 e. The molecule has 0 aliphatic heterocycles. The van der Waals surface area contributed by atoms with E-state index in [1.807, 2.05) is 0 Å². The SMILES string of the molecule is Cc1nnc(CN(C)S(=O)(=O)Cc2ccc(F)c(Cl)c2)n1C. The van der Waals surface area contributed by atoms with Crippen LogP contribution in [0.4, 0.5) is 4.39 Å². The third-order valence-electron chi connectivity index (χ3n) is 3.35. The number of aryl methyl sites for hydroxylation is 1. The van der Waals surface area contributed by atoms with E-state index in [2.05, 4.69) is 10.2 Å². The zero-order valence-electron chi connectivity index (χ0n) is 12.4. The maximum Gasteiger partial charge on any atom is 0.218 e. The van der Waals surface area contributed by atoms with Gasteiger partial charge in [-0.25, -0.2) is 12.8 Å². The summed E-state index contributed by atoms with van der Waals surface area (Å²) >= 11 is 5.67. The van der Waals surface area contributed by atoms with Crippen molar-refractivity contribution in [2.45, 2.75) is 19.2 Å². The fourth-order valence-electron chi connectivity index (χ4n) is 1.84. The van der Waals surface area contributed by atoms with Crippen LogP contribution < -0.4 is 0 Å². The number of sulfonamides is 1. The summed E-state index contributed by atoms with van der Waals surface area (Å²) in [5.74, 6) is 0.401. The first-order valence-corrected chi connectivity index (χ1v) is 8.42. The van der Waals surface area contributed by atoms with Crippen LogP contribution in [0.15, 0.2) is 18.2 Å². The highest BCUT2D eigenvalue weighted by Gasteiger charge is 2.21. The highest BCUT2D eigenvalue weighted by molar-refractivity contribution is 7.88. The molecule has 1 aromatic heterocycles. The smallest absolute Gasteiger partial charge is 0.218 e. The molecule has 2 aromatic rings. The van der Waals surface area contributed by atoms with Crippen molar-refractivity contribution in [1.29, 1.82) is 0 Å². The molecule has 0 unspecified atom stereocenters. The van der Waals surface area contributed by atoms with Crippen molar-refractivity contribution in [2.24, 2.45) is 7.05 Å². The van der Waals surface area contributed by atoms with Gasteiger partial charge in [-0.15, -0.1) is 10.2 Å². The van der Waals surface area contributed by atoms with Gasteiger partial charge >= 0.3 is 0 Å².